The maximum Gasteiger partial charge on any atom is 0.410 e. The Hall–Kier alpha value is -1.41. The van der Waals surface area contributed by atoms with Crippen molar-refractivity contribution in [3.8, 4) is 0 Å². The highest BCUT2D eigenvalue weighted by Gasteiger charge is 2.55. The number of thioether (sulfide) groups is 1. The van der Waals surface area contributed by atoms with Gasteiger partial charge in [0.2, 0.25) is 0 Å². The molecular weight excluding hydrogens is 618 g/mol. The Bertz CT molecular complexity index is 1150. The number of hydrogen-bond donors (Lipinski definition) is 1. The van der Waals surface area contributed by atoms with Gasteiger partial charge in [-0.2, -0.15) is 0 Å². The lowest BCUT2D eigenvalue weighted by molar-refractivity contribution is -0.387. The predicted molar refractivity (Wildman–Crippen MR) is 133 cm³/mol. The van der Waals surface area contributed by atoms with Crippen molar-refractivity contribution < 1.29 is 18.8 Å². The maximum absolute atomic E-state index is 15.0. The smallest absolute Gasteiger partial charge is 0.410 e. The van der Waals surface area contributed by atoms with Crippen LogP contribution in [0.2, 0.25) is 0 Å². The molecule has 3 aliphatic rings. The van der Waals surface area contributed by atoms with Crippen LogP contribution in [0.25, 0.3) is 10.9 Å². The summed E-state index contributed by atoms with van der Waals surface area (Å²) in [6.45, 7) is 5.95. The van der Waals surface area contributed by atoms with Gasteiger partial charge in [-0.1, -0.05) is 0 Å². The third-order valence-electron chi connectivity index (χ3n) is 5.67. The van der Waals surface area contributed by atoms with Crippen molar-refractivity contribution in [3.05, 3.63) is 30.0 Å². The molecule has 172 valence electrons. The molecule has 2 aliphatic heterocycles. The fourth-order valence-electron chi connectivity index (χ4n) is 4.26. The molecule has 2 saturated heterocycles. The molecule has 1 aromatic heterocycles. The van der Waals surface area contributed by atoms with E-state index in [1.54, 1.807) is 17.2 Å². The molecule has 3 heterocycles. The third kappa shape index (κ3) is 4.02. The van der Waals surface area contributed by atoms with E-state index in [2.05, 4.69) is 26.2 Å². The Labute approximate surface area is 210 Å². The minimum absolute atomic E-state index is 0.0606. The van der Waals surface area contributed by atoms with Gasteiger partial charge < -0.3 is 15.0 Å². The summed E-state index contributed by atoms with van der Waals surface area (Å²) in [5.74, 6) is -0.431. The topological polar surface area (TPSA) is 97.6 Å². The largest absolute Gasteiger partial charge is 0.444 e. The number of aromatic nitrogens is 1. The van der Waals surface area contributed by atoms with Gasteiger partial charge in [-0.25, -0.2) is 14.2 Å². The number of carbonyl (C=O) groups excluding carboxylic acids is 1. The summed E-state index contributed by atoms with van der Waals surface area (Å²) >= 11 is 6.30. The van der Waals surface area contributed by atoms with Crippen LogP contribution in [-0.4, -0.2) is 51.4 Å². The van der Waals surface area contributed by atoms with Crippen molar-refractivity contribution in [3.63, 3.8) is 0 Å². The van der Waals surface area contributed by atoms with Crippen LogP contribution in [0.5, 0.6) is 0 Å². The van der Waals surface area contributed by atoms with Gasteiger partial charge in [0.1, 0.15) is 16.8 Å². The van der Waals surface area contributed by atoms with E-state index < -0.39 is 22.4 Å². The zero-order chi connectivity index (χ0) is 23.5. The molecule has 12 heteroatoms. The molecule has 1 aliphatic carbocycles. The van der Waals surface area contributed by atoms with E-state index in [-0.39, 0.29) is 44.4 Å². The quantitative estimate of drug-likeness (QED) is 0.149. The monoisotopic (exact) mass is 638 g/mol. The highest BCUT2D eigenvalue weighted by atomic mass is 127. The molecule has 5 rings (SSSR count). The summed E-state index contributed by atoms with van der Waals surface area (Å²) in [7, 11) is 0. The first kappa shape index (κ1) is 23.7. The average Bonchev–Trinajstić information content (AvgIpc) is 3.28. The number of amides is 1. The number of pyridine rings is 1. The number of nitro groups is 1. The molecule has 0 radical (unpaired) electrons. The SMILES string of the molecule is CSc1nc2c(F)c(Br)c(I)cc2c(NC2C3CC2N(C(=O)OC(C)(C)C)C3)c1[N+](=O)[O-]. The number of nitrogens with zero attached hydrogens (tertiary/aromatic N) is 3. The molecule has 1 saturated carbocycles. The number of rotatable bonds is 4. The lowest BCUT2D eigenvalue weighted by Crippen LogP contribution is -2.50. The van der Waals surface area contributed by atoms with Crippen molar-refractivity contribution in [2.24, 2.45) is 5.92 Å². The minimum atomic E-state index is -0.609. The highest BCUT2D eigenvalue weighted by molar-refractivity contribution is 14.1. The second-order valence-corrected chi connectivity index (χ2v) is 11.6. The van der Waals surface area contributed by atoms with Crippen LogP contribution in [0.15, 0.2) is 15.6 Å². The first-order chi connectivity index (χ1) is 14.9. The maximum atomic E-state index is 15.0. The van der Waals surface area contributed by atoms with Gasteiger partial charge in [-0.15, -0.1) is 11.8 Å². The van der Waals surface area contributed by atoms with Gasteiger partial charge in [-0.05, 0) is 78.0 Å². The molecule has 32 heavy (non-hydrogen) atoms. The van der Waals surface area contributed by atoms with E-state index in [4.69, 9.17) is 4.74 Å². The van der Waals surface area contributed by atoms with Crippen LogP contribution in [0, 0.1) is 25.4 Å². The molecule has 1 aromatic carbocycles. The van der Waals surface area contributed by atoms with Crippen molar-refractivity contribution in [1.29, 1.82) is 0 Å². The summed E-state index contributed by atoms with van der Waals surface area (Å²) in [6, 6.07) is 1.35. The molecule has 2 bridgehead atoms. The summed E-state index contributed by atoms with van der Waals surface area (Å²) < 4.78 is 21.4. The van der Waals surface area contributed by atoms with Crippen LogP contribution in [-0.2, 0) is 4.74 Å². The summed E-state index contributed by atoms with van der Waals surface area (Å²) in [4.78, 5) is 30.1. The molecule has 3 fully saturated rings. The standard InChI is InChI=1S/C20H21BrFIN4O4S/c1-20(2,3)31-19(28)26-7-8-5-11(26)14(8)24-16-9-6-10(23)12(21)13(22)15(9)25-18(32-4)17(16)27(29)30/h6,8,11,14H,5,7H2,1-4H3,(H,24,25). The van der Waals surface area contributed by atoms with Gasteiger partial charge in [0, 0.05) is 21.4 Å². The van der Waals surface area contributed by atoms with Crippen molar-refractivity contribution in [1.82, 2.24) is 9.88 Å². The summed E-state index contributed by atoms with van der Waals surface area (Å²) in [6.07, 6.45) is 2.07. The zero-order valence-electron chi connectivity index (χ0n) is 17.7. The number of hydrogen-bond acceptors (Lipinski definition) is 7. The van der Waals surface area contributed by atoms with Gasteiger partial charge in [0.15, 0.2) is 10.8 Å². The summed E-state index contributed by atoms with van der Waals surface area (Å²) in [5, 5.41) is 15.8. The molecular formula is C20H21BrFIN4O4S. The lowest BCUT2D eigenvalue weighted by atomic mass is 9.79. The van der Waals surface area contributed by atoms with Crippen LogP contribution < -0.4 is 5.32 Å². The average molecular weight is 639 g/mol. The van der Waals surface area contributed by atoms with Crippen LogP contribution in [0.3, 0.4) is 0 Å². The molecule has 1 amide bonds. The van der Waals surface area contributed by atoms with Gasteiger partial charge in [-0.3, -0.25) is 10.1 Å². The second-order valence-electron chi connectivity index (χ2n) is 8.85. The number of nitrogens with one attached hydrogen (secondary N) is 1. The molecule has 2 aromatic rings. The first-order valence-corrected chi connectivity index (χ1v) is 13.0. The number of fused-ring (bicyclic) bond motifs is 2. The third-order valence-corrected chi connectivity index (χ3v) is 8.71. The van der Waals surface area contributed by atoms with Crippen molar-refractivity contribution >= 4 is 78.7 Å². The molecule has 1 N–H and O–H groups in total. The number of anilines is 1. The Morgan fingerprint density at radius 2 is 2.19 bits per heavy atom. The fourth-order valence-corrected chi connectivity index (χ4v) is 5.67. The Kier molecular flexibility index (Phi) is 6.25. The Balaban J connectivity index is 1.76. The Morgan fingerprint density at radius 1 is 1.50 bits per heavy atom. The second kappa shape index (κ2) is 8.42. The normalized spacial score (nSPS) is 22.1. The number of carbonyl (C=O) groups is 1. The van der Waals surface area contributed by atoms with Gasteiger partial charge >= 0.3 is 11.8 Å². The lowest BCUT2D eigenvalue weighted by Gasteiger charge is -2.38. The van der Waals surface area contributed by atoms with E-state index in [1.165, 1.54) is 0 Å². The van der Waals surface area contributed by atoms with Crippen molar-refractivity contribution in [2.75, 3.05) is 18.1 Å². The van der Waals surface area contributed by atoms with Crippen LogP contribution in [0.1, 0.15) is 27.2 Å². The van der Waals surface area contributed by atoms with E-state index in [0.29, 0.717) is 15.5 Å². The number of halogens is 3. The number of benzene rings is 1. The van der Waals surface area contributed by atoms with Crippen molar-refractivity contribution in [2.45, 2.75) is 49.9 Å². The Morgan fingerprint density at radius 3 is 2.78 bits per heavy atom. The highest BCUT2D eigenvalue weighted by Crippen LogP contribution is 2.47. The predicted octanol–water partition coefficient (Wildman–Crippen LogP) is 5.79. The summed E-state index contributed by atoms with van der Waals surface area (Å²) in [5.41, 5.74) is -0.496. The molecule has 0 spiro atoms. The molecule has 8 nitrogen and oxygen atoms in total. The number of ether oxygens (including phenoxy) is 1. The van der Waals surface area contributed by atoms with Gasteiger partial charge in [0.25, 0.3) is 0 Å². The fraction of sp³-hybridized carbons (Fsp3) is 0.500. The molecule has 3 atom stereocenters. The van der Waals surface area contributed by atoms with E-state index >= 15 is 4.39 Å². The van der Waals surface area contributed by atoms with Crippen LogP contribution >= 0.6 is 50.3 Å². The van der Waals surface area contributed by atoms with Gasteiger partial charge in [0.05, 0.1) is 21.5 Å². The van der Waals surface area contributed by atoms with E-state index in [1.807, 2.05) is 43.4 Å². The van der Waals surface area contributed by atoms with E-state index in [9.17, 15) is 14.9 Å². The minimum Gasteiger partial charge on any atom is -0.444 e. The van der Waals surface area contributed by atoms with E-state index in [0.717, 1.165) is 18.2 Å². The molecule has 3 unspecified atom stereocenters. The van der Waals surface area contributed by atoms with Crippen LogP contribution in [0.4, 0.5) is 20.6 Å². The zero-order valence-corrected chi connectivity index (χ0v) is 22.3. The first-order valence-electron chi connectivity index (χ1n) is 9.88.